The Balaban J connectivity index is 1.87. The van der Waals surface area contributed by atoms with E-state index in [0.29, 0.717) is 24.3 Å². The highest BCUT2D eigenvalue weighted by atomic mass is 16.3. The zero-order chi connectivity index (χ0) is 12.6. The monoisotopic (exact) mass is 239 g/mol. The van der Waals surface area contributed by atoms with Gasteiger partial charge in [0.25, 0.3) is 0 Å². The second-order valence-corrected chi connectivity index (χ2v) is 6.67. The van der Waals surface area contributed by atoms with Crippen molar-refractivity contribution in [3.63, 3.8) is 0 Å². The first-order valence-electron chi connectivity index (χ1n) is 6.85. The second kappa shape index (κ2) is 4.69. The van der Waals surface area contributed by atoms with E-state index in [9.17, 15) is 9.90 Å². The van der Waals surface area contributed by atoms with Crippen LogP contribution in [0.5, 0.6) is 0 Å². The average Bonchev–Trinajstić information content (AvgIpc) is 2.44. The molecule has 98 valence electrons. The molecule has 2 aliphatic rings. The molecule has 0 aromatic carbocycles. The van der Waals surface area contributed by atoms with E-state index < -0.39 is 0 Å². The molecular formula is C14H25NO2. The zero-order valence-corrected chi connectivity index (χ0v) is 11.3. The summed E-state index contributed by atoms with van der Waals surface area (Å²) in [5.41, 5.74) is -0.214. The number of hydrogen-bond acceptors (Lipinski definition) is 3. The lowest BCUT2D eigenvalue weighted by molar-refractivity contribution is -0.126. The Morgan fingerprint density at radius 2 is 1.76 bits per heavy atom. The minimum Gasteiger partial charge on any atom is -0.393 e. The van der Waals surface area contributed by atoms with Gasteiger partial charge in [0.15, 0.2) is 0 Å². The first-order valence-corrected chi connectivity index (χ1v) is 6.85. The maximum atomic E-state index is 11.9. The number of rotatable bonds is 3. The number of Topliss-reactive ketones (excluding diaryl/α,β-unsaturated/α-hetero) is 1. The van der Waals surface area contributed by atoms with E-state index in [2.05, 4.69) is 4.90 Å². The van der Waals surface area contributed by atoms with E-state index >= 15 is 0 Å². The Morgan fingerprint density at radius 1 is 1.24 bits per heavy atom. The lowest BCUT2D eigenvalue weighted by atomic mass is 9.88. The van der Waals surface area contributed by atoms with Gasteiger partial charge in [0, 0.05) is 30.5 Å². The number of carbonyl (C=O) groups is 1. The lowest BCUT2D eigenvalue weighted by Crippen LogP contribution is -2.45. The third-order valence-electron chi connectivity index (χ3n) is 4.29. The fraction of sp³-hybridized carbons (Fsp3) is 0.929. The summed E-state index contributed by atoms with van der Waals surface area (Å²) < 4.78 is 0. The first-order chi connectivity index (χ1) is 7.88. The van der Waals surface area contributed by atoms with Gasteiger partial charge in [-0.15, -0.1) is 0 Å². The molecule has 2 unspecified atom stereocenters. The van der Waals surface area contributed by atoms with Crippen LogP contribution in [0.3, 0.4) is 0 Å². The third-order valence-corrected chi connectivity index (χ3v) is 4.29. The highest BCUT2D eigenvalue weighted by Crippen LogP contribution is 2.35. The van der Waals surface area contributed by atoms with Crippen molar-refractivity contribution in [2.24, 2.45) is 5.41 Å². The van der Waals surface area contributed by atoms with Gasteiger partial charge in [-0.2, -0.15) is 0 Å². The van der Waals surface area contributed by atoms with Gasteiger partial charge in [-0.25, -0.2) is 0 Å². The van der Waals surface area contributed by atoms with E-state index in [-0.39, 0.29) is 11.5 Å². The van der Waals surface area contributed by atoms with Crippen molar-refractivity contribution in [3.05, 3.63) is 0 Å². The highest BCUT2D eigenvalue weighted by molar-refractivity contribution is 5.83. The van der Waals surface area contributed by atoms with E-state index in [1.54, 1.807) is 0 Å². The Kier molecular flexibility index (Phi) is 3.60. The van der Waals surface area contributed by atoms with Crippen LogP contribution in [0, 0.1) is 5.41 Å². The molecule has 2 rings (SSSR count). The lowest BCUT2D eigenvalue weighted by Gasteiger charge is -2.37. The van der Waals surface area contributed by atoms with Crippen LogP contribution in [0.1, 0.15) is 52.9 Å². The Bertz CT molecular complexity index is 281. The van der Waals surface area contributed by atoms with Gasteiger partial charge < -0.3 is 5.11 Å². The Morgan fingerprint density at radius 3 is 2.24 bits per heavy atom. The molecule has 2 atom stereocenters. The highest BCUT2D eigenvalue weighted by Gasteiger charge is 2.40. The summed E-state index contributed by atoms with van der Waals surface area (Å²) in [6, 6.07) is 1.05. The van der Waals surface area contributed by atoms with Gasteiger partial charge >= 0.3 is 0 Å². The molecule has 0 amide bonds. The number of aliphatic hydroxyl groups is 1. The molecule has 17 heavy (non-hydrogen) atoms. The van der Waals surface area contributed by atoms with Crippen molar-refractivity contribution in [1.82, 2.24) is 4.90 Å². The first kappa shape index (κ1) is 13.0. The predicted octanol–water partition coefficient (Wildman–Crippen LogP) is 1.98. The third kappa shape index (κ3) is 2.89. The van der Waals surface area contributed by atoms with Crippen LogP contribution in [0.4, 0.5) is 0 Å². The summed E-state index contributed by atoms with van der Waals surface area (Å²) in [6.45, 7) is 6.86. The molecule has 2 fully saturated rings. The smallest absolute Gasteiger partial charge is 0.139 e. The topological polar surface area (TPSA) is 40.5 Å². The van der Waals surface area contributed by atoms with Gasteiger partial charge in [-0.1, -0.05) is 20.8 Å². The Labute approximate surface area is 104 Å². The van der Waals surface area contributed by atoms with Crippen molar-refractivity contribution in [3.8, 4) is 0 Å². The van der Waals surface area contributed by atoms with Crippen LogP contribution in [0.2, 0.25) is 0 Å². The maximum Gasteiger partial charge on any atom is 0.139 e. The number of hydrogen-bond donors (Lipinski definition) is 1. The molecule has 3 heteroatoms. The van der Waals surface area contributed by atoms with Crippen LogP contribution >= 0.6 is 0 Å². The fourth-order valence-corrected chi connectivity index (χ4v) is 3.22. The molecule has 1 N–H and O–H groups in total. The molecule has 2 bridgehead atoms. The van der Waals surface area contributed by atoms with Gasteiger partial charge in [0.1, 0.15) is 5.78 Å². The van der Waals surface area contributed by atoms with Crippen molar-refractivity contribution < 1.29 is 9.90 Å². The van der Waals surface area contributed by atoms with Crippen LogP contribution in [-0.4, -0.2) is 40.5 Å². The summed E-state index contributed by atoms with van der Waals surface area (Å²) >= 11 is 0. The van der Waals surface area contributed by atoms with E-state index in [4.69, 9.17) is 0 Å². The SMILES string of the molecule is CC(C)(C)C(=O)CCN1C2CCC1CC(O)C2. The number of ketones is 1. The molecule has 2 heterocycles. The van der Waals surface area contributed by atoms with Crippen LogP contribution < -0.4 is 0 Å². The number of carbonyl (C=O) groups excluding carboxylic acids is 1. The molecule has 2 saturated heterocycles. The van der Waals surface area contributed by atoms with Crippen LogP contribution in [0.15, 0.2) is 0 Å². The number of aliphatic hydroxyl groups excluding tert-OH is 1. The minimum atomic E-state index is -0.214. The molecule has 0 aromatic rings. The summed E-state index contributed by atoms with van der Waals surface area (Å²) in [7, 11) is 0. The fourth-order valence-electron chi connectivity index (χ4n) is 3.22. The molecule has 2 aliphatic heterocycles. The molecule has 0 aliphatic carbocycles. The average molecular weight is 239 g/mol. The molecule has 0 radical (unpaired) electrons. The van der Waals surface area contributed by atoms with Crippen molar-refractivity contribution in [1.29, 1.82) is 0 Å². The molecule has 3 nitrogen and oxygen atoms in total. The summed E-state index contributed by atoms with van der Waals surface area (Å²) in [6.07, 6.45) is 4.76. The molecular weight excluding hydrogens is 214 g/mol. The van der Waals surface area contributed by atoms with E-state index in [1.807, 2.05) is 20.8 Å². The van der Waals surface area contributed by atoms with Gasteiger partial charge in [0.2, 0.25) is 0 Å². The van der Waals surface area contributed by atoms with E-state index in [1.165, 1.54) is 12.8 Å². The van der Waals surface area contributed by atoms with Crippen LogP contribution in [-0.2, 0) is 4.79 Å². The standard InChI is InChI=1S/C14H25NO2/c1-14(2,3)13(17)6-7-15-10-4-5-11(15)9-12(16)8-10/h10-12,16H,4-9H2,1-3H3. The van der Waals surface area contributed by atoms with Gasteiger partial charge in [0.05, 0.1) is 6.10 Å². The zero-order valence-electron chi connectivity index (χ0n) is 11.3. The maximum absolute atomic E-state index is 11.9. The molecule has 0 saturated carbocycles. The summed E-state index contributed by atoms with van der Waals surface area (Å²) in [4.78, 5) is 14.4. The van der Waals surface area contributed by atoms with E-state index in [0.717, 1.165) is 19.4 Å². The number of piperidine rings is 1. The molecule has 0 spiro atoms. The van der Waals surface area contributed by atoms with Crippen LogP contribution in [0.25, 0.3) is 0 Å². The predicted molar refractivity (Wildman–Crippen MR) is 67.8 cm³/mol. The summed E-state index contributed by atoms with van der Waals surface area (Å²) in [5, 5.41) is 9.72. The quantitative estimate of drug-likeness (QED) is 0.818. The van der Waals surface area contributed by atoms with Crippen molar-refractivity contribution >= 4 is 5.78 Å². The largest absolute Gasteiger partial charge is 0.393 e. The molecule has 0 aromatic heterocycles. The van der Waals surface area contributed by atoms with Crippen molar-refractivity contribution in [2.45, 2.75) is 71.1 Å². The van der Waals surface area contributed by atoms with Crippen molar-refractivity contribution in [2.75, 3.05) is 6.54 Å². The van der Waals surface area contributed by atoms with Gasteiger partial charge in [-0.3, -0.25) is 9.69 Å². The summed E-state index contributed by atoms with van der Waals surface area (Å²) in [5.74, 6) is 0.350. The Hall–Kier alpha value is -0.410. The van der Waals surface area contributed by atoms with Gasteiger partial charge in [-0.05, 0) is 25.7 Å². The normalized spacial score (nSPS) is 34.0. The number of nitrogens with zero attached hydrogens (tertiary/aromatic N) is 1. The minimum absolute atomic E-state index is 0.109. The number of fused-ring (bicyclic) bond motifs is 2. The second-order valence-electron chi connectivity index (χ2n) is 6.67.